The minimum absolute atomic E-state index is 0.260. The van der Waals surface area contributed by atoms with Gasteiger partial charge in [-0.2, -0.15) is 10.1 Å². The summed E-state index contributed by atoms with van der Waals surface area (Å²) in [7, 11) is 0. The van der Waals surface area contributed by atoms with Gasteiger partial charge < -0.3 is 14.8 Å². The van der Waals surface area contributed by atoms with Gasteiger partial charge in [-0.15, -0.1) is 0 Å². The van der Waals surface area contributed by atoms with Crippen LogP contribution in [0.4, 0.5) is 5.95 Å². The Morgan fingerprint density at radius 2 is 1.77 bits per heavy atom. The highest BCUT2D eigenvalue weighted by Crippen LogP contribution is 2.39. The van der Waals surface area contributed by atoms with Crippen molar-refractivity contribution < 1.29 is 14.3 Å². The van der Waals surface area contributed by atoms with Crippen LogP contribution in [0, 0.1) is 0 Å². The largest absolute Gasteiger partial charge is 0.489 e. The maximum Gasteiger partial charge on any atom is 0.338 e. The van der Waals surface area contributed by atoms with Crippen LogP contribution in [-0.4, -0.2) is 27.3 Å². The molecule has 4 aromatic rings. The zero-order valence-corrected chi connectivity index (χ0v) is 19.8. The second-order valence-electron chi connectivity index (χ2n) is 7.88. The number of hydrogen-bond donors (Lipinski definition) is 1. The number of esters is 1. The molecule has 176 valence electrons. The van der Waals surface area contributed by atoms with E-state index in [1.54, 1.807) is 11.6 Å². The number of nitrogens with one attached hydrogen (secondary N) is 1. The number of halogens is 1. The first-order valence-electron chi connectivity index (χ1n) is 11.2. The summed E-state index contributed by atoms with van der Waals surface area (Å²) in [5, 5.41) is 8.33. The van der Waals surface area contributed by atoms with Gasteiger partial charge in [0, 0.05) is 10.6 Å². The quantitative estimate of drug-likeness (QED) is 0.347. The van der Waals surface area contributed by atoms with Crippen LogP contribution in [0.3, 0.4) is 0 Å². The molecular weight excluding hydrogens is 464 g/mol. The lowest BCUT2D eigenvalue weighted by atomic mass is 9.93. The Kier molecular flexibility index (Phi) is 6.50. The highest BCUT2D eigenvalue weighted by molar-refractivity contribution is 6.31. The summed E-state index contributed by atoms with van der Waals surface area (Å²) in [5.74, 6) is 0.816. The molecule has 0 aliphatic carbocycles. The van der Waals surface area contributed by atoms with E-state index >= 15 is 0 Å². The molecule has 7 nitrogen and oxygen atoms in total. The van der Waals surface area contributed by atoms with Crippen molar-refractivity contribution in [2.45, 2.75) is 19.6 Å². The van der Waals surface area contributed by atoms with E-state index in [0.717, 1.165) is 16.7 Å². The zero-order valence-electron chi connectivity index (χ0n) is 19.0. The van der Waals surface area contributed by atoms with Crippen LogP contribution in [-0.2, 0) is 16.1 Å². The van der Waals surface area contributed by atoms with Crippen LogP contribution in [0.1, 0.15) is 29.7 Å². The molecule has 1 aliphatic rings. The second-order valence-corrected chi connectivity index (χ2v) is 8.29. The van der Waals surface area contributed by atoms with Gasteiger partial charge in [0.05, 0.1) is 17.9 Å². The molecule has 0 spiro atoms. The first-order chi connectivity index (χ1) is 17.2. The second kappa shape index (κ2) is 10.0. The average molecular weight is 487 g/mol. The standard InChI is InChI=1S/C27H23ClN4O3/c1-2-34-26(33)23-24(18-8-4-3-5-9-18)31-27-29-17-30-32(27)25(23)19-12-14-21(15-13-19)35-16-20-10-6-7-11-22(20)28/h3-15,17,25H,2,16H2,1H3,(H,29,30,31). The third-order valence-electron chi connectivity index (χ3n) is 5.70. The van der Waals surface area contributed by atoms with Gasteiger partial charge in [-0.05, 0) is 36.2 Å². The number of rotatable bonds is 7. The predicted molar refractivity (Wildman–Crippen MR) is 134 cm³/mol. The summed E-state index contributed by atoms with van der Waals surface area (Å²) in [6.45, 7) is 2.40. The molecule has 2 heterocycles. The average Bonchev–Trinajstić information content (AvgIpc) is 3.37. The lowest BCUT2D eigenvalue weighted by Crippen LogP contribution is -2.30. The first kappa shape index (κ1) is 22.7. The molecule has 0 saturated carbocycles. The van der Waals surface area contributed by atoms with Gasteiger partial charge in [0.2, 0.25) is 5.95 Å². The number of anilines is 1. The van der Waals surface area contributed by atoms with Crippen molar-refractivity contribution in [1.82, 2.24) is 14.8 Å². The van der Waals surface area contributed by atoms with Crippen molar-refractivity contribution in [3.05, 3.63) is 112 Å². The van der Waals surface area contributed by atoms with Crippen LogP contribution in [0.5, 0.6) is 5.75 Å². The summed E-state index contributed by atoms with van der Waals surface area (Å²) in [4.78, 5) is 17.6. The van der Waals surface area contributed by atoms with Crippen LogP contribution >= 0.6 is 11.6 Å². The van der Waals surface area contributed by atoms with Crippen LogP contribution in [0.15, 0.2) is 90.8 Å². The van der Waals surface area contributed by atoms with Crippen molar-refractivity contribution >= 4 is 29.2 Å². The normalized spacial score (nSPS) is 14.7. The van der Waals surface area contributed by atoms with Gasteiger partial charge >= 0.3 is 5.97 Å². The number of carbonyl (C=O) groups excluding carboxylic acids is 1. The van der Waals surface area contributed by atoms with Crippen molar-refractivity contribution in [3.8, 4) is 5.75 Å². The molecule has 0 bridgehead atoms. The van der Waals surface area contributed by atoms with Crippen LogP contribution < -0.4 is 10.1 Å². The van der Waals surface area contributed by atoms with Crippen molar-refractivity contribution in [3.63, 3.8) is 0 Å². The Bertz CT molecular complexity index is 1370. The SMILES string of the molecule is CCOC(=O)C1=C(c2ccccc2)Nc2ncnn2C1c1ccc(OCc2ccccc2Cl)cc1. The van der Waals surface area contributed by atoms with Crippen LogP contribution in [0.25, 0.3) is 5.70 Å². The number of nitrogens with zero attached hydrogens (tertiary/aromatic N) is 3. The molecule has 35 heavy (non-hydrogen) atoms. The molecule has 1 aromatic heterocycles. The highest BCUT2D eigenvalue weighted by atomic mass is 35.5. The Morgan fingerprint density at radius 1 is 1.03 bits per heavy atom. The van der Waals surface area contributed by atoms with E-state index < -0.39 is 12.0 Å². The van der Waals surface area contributed by atoms with E-state index in [1.165, 1.54) is 6.33 Å². The minimum atomic E-state index is -0.527. The molecule has 3 aromatic carbocycles. The number of ether oxygens (including phenoxy) is 2. The number of hydrogen-bond acceptors (Lipinski definition) is 6. The summed E-state index contributed by atoms with van der Waals surface area (Å²) in [5.41, 5.74) is 3.72. The Hall–Kier alpha value is -4.10. The molecule has 0 radical (unpaired) electrons. The third kappa shape index (κ3) is 4.63. The third-order valence-corrected chi connectivity index (χ3v) is 6.07. The Balaban J connectivity index is 1.52. The van der Waals surface area contributed by atoms with E-state index in [0.29, 0.717) is 34.6 Å². The van der Waals surface area contributed by atoms with Crippen LogP contribution in [0.2, 0.25) is 5.02 Å². The fourth-order valence-corrected chi connectivity index (χ4v) is 4.24. The lowest BCUT2D eigenvalue weighted by Gasteiger charge is -2.29. The summed E-state index contributed by atoms with van der Waals surface area (Å²) >= 11 is 6.24. The molecular formula is C27H23ClN4O3. The van der Waals surface area contributed by atoms with Gasteiger partial charge in [-0.25, -0.2) is 9.48 Å². The van der Waals surface area contributed by atoms with Gasteiger partial charge in [0.1, 0.15) is 24.7 Å². The van der Waals surface area contributed by atoms with Crippen molar-refractivity contribution in [2.24, 2.45) is 0 Å². The van der Waals surface area contributed by atoms with E-state index in [4.69, 9.17) is 21.1 Å². The highest BCUT2D eigenvalue weighted by Gasteiger charge is 2.36. The smallest absolute Gasteiger partial charge is 0.338 e. The molecule has 8 heteroatoms. The molecule has 5 rings (SSSR count). The molecule has 1 N–H and O–H groups in total. The Labute approximate surface area is 208 Å². The maximum atomic E-state index is 13.2. The minimum Gasteiger partial charge on any atom is -0.489 e. The van der Waals surface area contributed by atoms with E-state index in [1.807, 2.05) is 78.9 Å². The monoisotopic (exact) mass is 486 g/mol. The molecule has 1 aliphatic heterocycles. The molecule has 0 saturated heterocycles. The summed E-state index contributed by atoms with van der Waals surface area (Å²) in [6.07, 6.45) is 1.47. The maximum absolute atomic E-state index is 13.2. The van der Waals surface area contributed by atoms with Gasteiger partial charge in [-0.1, -0.05) is 72.3 Å². The number of carbonyl (C=O) groups is 1. The number of fused-ring (bicyclic) bond motifs is 1. The fourth-order valence-electron chi connectivity index (χ4n) is 4.05. The lowest BCUT2D eigenvalue weighted by molar-refractivity contribution is -0.138. The summed E-state index contributed by atoms with van der Waals surface area (Å²) < 4.78 is 13.1. The van der Waals surface area contributed by atoms with Gasteiger partial charge in [0.15, 0.2) is 0 Å². The first-order valence-corrected chi connectivity index (χ1v) is 11.6. The molecule has 0 amide bonds. The van der Waals surface area contributed by atoms with Crippen molar-refractivity contribution in [1.29, 1.82) is 0 Å². The zero-order chi connectivity index (χ0) is 24.2. The van der Waals surface area contributed by atoms with E-state index in [9.17, 15) is 4.79 Å². The van der Waals surface area contributed by atoms with Gasteiger partial charge in [-0.3, -0.25) is 0 Å². The van der Waals surface area contributed by atoms with Crippen molar-refractivity contribution in [2.75, 3.05) is 11.9 Å². The topological polar surface area (TPSA) is 78.3 Å². The van der Waals surface area contributed by atoms with Gasteiger partial charge in [0.25, 0.3) is 0 Å². The number of benzene rings is 3. The fraction of sp³-hybridized carbons (Fsp3) is 0.148. The molecule has 1 unspecified atom stereocenters. The predicted octanol–water partition coefficient (Wildman–Crippen LogP) is 5.50. The molecule has 0 fully saturated rings. The van der Waals surface area contributed by atoms with E-state index in [-0.39, 0.29) is 6.61 Å². The molecule has 1 atom stereocenters. The summed E-state index contributed by atoms with van der Waals surface area (Å²) in [6, 6.07) is 24.3. The van der Waals surface area contributed by atoms with E-state index in [2.05, 4.69) is 15.4 Å². The number of aromatic nitrogens is 3. The Morgan fingerprint density at radius 3 is 2.51 bits per heavy atom.